The van der Waals surface area contributed by atoms with Crippen molar-refractivity contribution in [3.05, 3.63) is 71.8 Å². The van der Waals surface area contributed by atoms with Crippen LogP contribution in [0.1, 0.15) is 89.4 Å². The topological polar surface area (TPSA) is 151 Å². The summed E-state index contributed by atoms with van der Waals surface area (Å²) < 4.78 is 0. The quantitative estimate of drug-likeness (QED) is 0.221. The molecule has 0 spiro atoms. The molecule has 6 atom stereocenters. The Balaban J connectivity index is 0.000000380. The molecule has 38 heavy (non-hydrogen) atoms. The fourth-order valence-electron chi connectivity index (χ4n) is 3.83. The maximum Gasteiger partial charge on any atom is 0.250 e. The van der Waals surface area contributed by atoms with Crippen LogP contribution in [-0.4, -0.2) is 46.3 Å². The Morgan fingerprint density at radius 1 is 0.684 bits per heavy atom. The van der Waals surface area contributed by atoms with Crippen LogP contribution in [0.5, 0.6) is 0 Å². The number of hydrogen-bond donors (Lipinski definition) is 6. The molecule has 8 nitrogen and oxygen atoms in total. The van der Waals surface area contributed by atoms with Gasteiger partial charge in [-0.05, 0) is 37.8 Å². The molecule has 0 aliphatic carbocycles. The lowest BCUT2D eigenvalue weighted by Crippen LogP contribution is -2.46. The number of hydrogen-bond acceptors (Lipinski definition) is 6. The highest BCUT2D eigenvalue weighted by Crippen LogP contribution is 2.13. The van der Waals surface area contributed by atoms with Gasteiger partial charge in [0, 0.05) is 12.1 Å². The molecule has 0 aliphatic rings. The molecule has 0 bridgehead atoms. The molecule has 212 valence electrons. The number of aliphatic hydroxyl groups excluding tert-OH is 2. The van der Waals surface area contributed by atoms with Crippen LogP contribution in [0.4, 0.5) is 0 Å². The van der Waals surface area contributed by atoms with Crippen molar-refractivity contribution >= 4 is 11.8 Å². The van der Waals surface area contributed by atoms with Crippen molar-refractivity contribution in [1.29, 1.82) is 0 Å². The Hall–Kier alpha value is -2.78. The molecule has 2 amide bonds. The van der Waals surface area contributed by atoms with E-state index in [1.54, 1.807) is 0 Å². The van der Waals surface area contributed by atoms with Gasteiger partial charge in [-0.15, -0.1) is 0 Å². The van der Waals surface area contributed by atoms with Crippen molar-refractivity contribution in [2.75, 3.05) is 0 Å². The molecule has 0 fully saturated rings. The third-order valence-corrected chi connectivity index (χ3v) is 6.45. The Morgan fingerprint density at radius 2 is 1.00 bits per heavy atom. The van der Waals surface area contributed by atoms with Crippen LogP contribution in [0.2, 0.25) is 0 Å². The van der Waals surface area contributed by atoms with Crippen molar-refractivity contribution < 1.29 is 19.8 Å². The molecular weight excluding hydrogens is 480 g/mol. The average molecular weight is 529 g/mol. The normalized spacial score (nSPS) is 15.6. The van der Waals surface area contributed by atoms with Crippen LogP contribution < -0.4 is 22.1 Å². The largest absolute Gasteiger partial charge is 0.382 e. The number of carbonyl (C=O) groups excluding carboxylic acids is 2. The van der Waals surface area contributed by atoms with Gasteiger partial charge in [-0.1, -0.05) is 100 Å². The summed E-state index contributed by atoms with van der Waals surface area (Å²) in [5, 5.41) is 25.3. The molecule has 2 rings (SSSR count). The van der Waals surface area contributed by atoms with Gasteiger partial charge < -0.3 is 32.3 Å². The van der Waals surface area contributed by atoms with Crippen LogP contribution in [0.3, 0.4) is 0 Å². The summed E-state index contributed by atoms with van der Waals surface area (Å²) in [4.78, 5) is 23.8. The Labute approximate surface area is 228 Å². The van der Waals surface area contributed by atoms with E-state index in [2.05, 4.69) is 24.5 Å². The molecule has 0 radical (unpaired) electrons. The molecule has 0 saturated carbocycles. The first-order chi connectivity index (χ1) is 18.1. The minimum atomic E-state index is -1.14. The van der Waals surface area contributed by atoms with E-state index in [1.807, 2.05) is 74.5 Å². The van der Waals surface area contributed by atoms with Crippen LogP contribution in [0.25, 0.3) is 0 Å². The zero-order valence-electron chi connectivity index (χ0n) is 23.3. The Kier molecular flexibility index (Phi) is 16.2. The lowest BCUT2D eigenvalue weighted by molar-refractivity contribution is -0.131. The van der Waals surface area contributed by atoms with E-state index in [-0.39, 0.29) is 12.1 Å². The van der Waals surface area contributed by atoms with E-state index in [4.69, 9.17) is 11.5 Å². The van der Waals surface area contributed by atoms with Gasteiger partial charge in [0.15, 0.2) is 0 Å². The smallest absolute Gasteiger partial charge is 0.250 e. The van der Waals surface area contributed by atoms with E-state index >= 15 is 0 Å². The zero-order valence-corrected chi connectivity index (χ0v) is 23.3. The number of nitrogens with one attached hydrogen (secondary N) is 2. The zero-order chi connectivity index (χ0) is 28.5. The van der Waals surface area contributed by atoms with Gasteiger partial charge in [-0.2, -0.15) is 0 Å². The van der Waals surface area contributed by atoms with Crippen LogP contribution >= 0.6 is 0 Å². The van der Waals surface area contributed by atoms with E-state index in [0.717, 1.165) is 36.8 Å². The molecule has 0 aromatic heterocycles. The molecule has 0 saturated heterocycles. The second-order valence-corrected chi connectivity index (χ2v) is 9.78. The summed E-state index contributed by atoms with van der Waals surface area (Å²) in [6, 6.07) is 18.0. The predicted molar refractivity (Wildman–Crippen MR) is 153 cm³/mol. The third-order valence-electron chi connectivity index (χ3n) is 6.45. The summed E-state index contributed by atoms with van der Waals surface area (Å²) in [7, 11) is 0. The average Bonchev–Trinajstić information content (AvgIpc) is 2.94. The minimum absolute atomic E-state index is 0.137. The highest BCUT2D eigenvalue weighted by Gasteiger charge is 2.24. The molecular formula is C30H48N4O4. The van der Waals surface area contributed by atoms with E-state index in [1.165, 1.54) is 0 Å². The summed E-state index contributed by atoms with van der Waals surface area (Å²) in [6.45, 7) is 7.88. The standard InChI is InChI=1S/2C15H24N2O2/c2*1-3-4-10-13(16)14(18)15(19)17-11(2)12-8-6-5-7-9-12/h2*5-9,11,13-14,18H,3-4,10,16H2,1-2H3,(H,17,19)/t11-,13+,14+;11-,13+,14-/m11/s1. The molecule has 2 aromatic rings. The van der Waals surface area contributed by atoms with Gasteiger partial charge in [-0.25, -0.2) is 0 Å². The monoisotopic (exact) mass is 528 g/mol. The second-order valence-electron chi connectivity index (χ2n) is 9.78. The third kappa shape index (κ3) is 12.2. The summed E-state index contributed by atoms with van der Waals surface area (Å²) >= 11 is 0. The van der Waals surface area contributed by atoms with E-state index in [0.29, 0.717) is 12.8 Å². The van der Waals surface area contributed by atoms with Gasteiger partial charge in [-0.3, -0.25) is 9.59 Å². The highest BCUT2D eigenvalue weighted by atomic mass is 16.3. The summed E-state index contributed by atoms with van der Waals surface area (Å²) in [5.74, 6) is -0.806. The SMILES string of the molecule is CCCC[C@H](N)[C@@H](O)C(=O)N[C@H](C)c1ccccc1.CCCC[C@H](N)[C@H](O)C(=O)N[C@H](C)c1ccccc1. The van der Waals surface area contributed by atoms with E-state index < -0.39 is 36.1 Å². The highest BCUT2D eigenvalue weighted by molar-refractivity contribution is 5.82. The van der Waals surface area contributed by atoms with Crippen molar-refractivity contribution in [3.8, 4) is 0 Å². The van der Waals surface area contributed by atoms with Gasteiger partial charge >= 0.3 is 0 Å². The maximum absolute atomic E-state index is 11.9. The second kappa shape index (κ2) is 18.5. The molecule has 2 aromatic carbocycles. The van der Waals surface area contributed by atoms with Crippen molar-refractivity contribution in [3.63, 3.8) is 0 Å². The Bertz CT molecular complexity index is 837. The fraction of sp³-hybridized carbons (Fsp3) is 0.533. The van der Waals surface area contributed by atoms with Crippen molar-refractivity contribution in [1.82, 2.24) is 10.6 Å². The number of unbranched alkanes of at least 4 members (excludes halogenated alkanes) is 2. The number of benzene rings is 2. The first kappa shape index (κ1) is 33.2. The number of carbonyl (C=O) groups is 2. The van der Waals surface area contributed by atoms with Crippen molar-refractivity contribution in [2.45, 2.75) is 103 Å². The predicted octanol–water partition coefficient (Wildman–Crippen LogP) is 3.48. The summed E-state index contributed by atoms with van der Waals surface area (Å²) in [5.41, 5.74) is 13.6. The molecule has 0 aliphatic heterocycles. The Morgan fingerprint density at radius 3 is 1.29 bits per heavy atom. The minimum Gasteiger partial charge on any atom is -0.382 e. The number of rotatable bonds is 14. The van der Waals surface area contributed by atoms with Gasteiger partial charge in [0.25, 0.3) is 11.8 Å². The number of amides is 2. The molecule has 0 unspecified atom stereocenters. The fourth-order valence-corrected chi connectivity index (χ4v) is 3.83. The molecule has 8 heteroatoms. The lowest BCUT2D eigenvalue weighted by atomic mass is 10.0. The van der Waals surface area contributed by atoms with Gasteiger partial charge in [0.1, 0.15) is 12.2 Å². The van der Waals surface area contributed by atoms with Crippen LogP contribution in [-0.2, 0) is 9.59 Å². The summed E-state index contributed by atoms with van der Waals surface area (Å²) in [6.07, 6.45) is 2.87. The molecule has 8 N–H and O–H groups in total. The maximum atomic E-state index is 11.9. The van der Waals surface area contributed by atoms with Crippen LogP contribution in [0, 0.1) is 0 Å². The van der Waals surface area contributed by atoms with Gasteiger partial charge in [0.05, 0.1) is 12.1 Å². The first-order valence-electron chi connectivity index (χ1n) is 13.7. The molecule has 0 heterocycles. The van der Waals surface area contributed by atoms with Crippen molar-refractivity contribution in [2.24, 2.45) is 11.5 Å². The van der Waals surface area contributed by atoms with Gasteiger partial charge in [0.2, 0.25) is 0 Å². The van der Waals surface area contributed by atoms with E-state index in [9.17, 15) is 19.8 Å². The first-order valence-corrected chi connectivity index (χ1v) is 13.7. The van der Waals surface area contributed by atoms with Crippen LogP contribution in [0.15, 0.2) is 60.7 Å². The lowest BCUT2D eigenvalue weighted by Gasteiger charge is -2.21. The number of nitrogens with two attached hydrogens (primary N) is 2. The number of aliphatic hydroxyl groups is 2.